The van der Waals surface area contributed by atoms with Crippen LogP contribution in [0.5, 0.6) is 0 Å². The van der Waals surface area contributed by atoms with E-state index in [4.69, 9.17) is 5.73 Å². The third-order valence-corrected chi connectivity index (χ3v) is 3.60. The van der Waals surface area contributed by atoms with Gasteiger partial charge >= 0.3 is 0 Å². The Balaban J connectivity index is 2.06. The number of benzene rings is 1. The molecular formula is C13H13N5OS. The quantitative estimate of drug-likeness (QED) is 0.621. The lowest BCUT2D eigenvalue weighted by atomic mass is 10.1. The van der Waals surface area contributed by atoms with Crippen LogP contribution < -0.4 is 11.3 Å². The van der Waals surface area contributed by atoms with E-state index in [1.54, 1.807) is 10.9 Å². The van der Waals surface area contributed by atoms with Crippen LogP contribution in [0.3, 0.4) is 0 Å². The van der Waals surface area contributed by atoms with E-state index >= 15 is 0 Å². The Kier molecular flexibility index (Phi) is 2.98. The third-order valence-electron chi connectivity index (χ3n) is 3.12. The number of imidazole rings is 1. The van der Waals surface area contributed by atoms with Crippen LogP contribution >= 0.6 is 12.6 Å². The maximum absolute atomic E-state index is 11.7. The topological polar surface area (TPSA) is 89.6 Å². The second-order valence-corrected chi connectivity index (χ2v) is 5.10. The largest absolute Gasteiger partial charge is 0.369 e. The van der Waals surface area contributed by atoms with E-state index in [0.29, 0.717) is 12.2 Å². The van der Waals surface area contributed by atoms with Gasteiger partial charge < -0.3 is 10.3 Å². The molecule has 0 bridgehead atoms. The number of nitrogens with one attached hydrogen (secondary N) is 1. The Morgan fingerprint density at radius 1 is 1.45 bits per heavy atom. The molecule has 0 aliphatic heterocycles. The Hall–Kier alpha value is -2.28. The van der Waals surface area contributed by atoms with Gasteiger partial charge in [-0.3, -0.25) is 9.78 Å². The minimum Gasteiger partial charge on any atom is -0.369 e. The lowest BCUT2D eigenvalue weighted by Crippen LogP contribution is -2.12. The number of hydrogen-bond donors (Lipinski definition) is 3. The predicted molar refractivity (Wildman–Crippen MR) is 80.1 cm³/mol. The van der Waals surface area contributed by atoms with Gasteiger partial charge in [-0.15, -0.1) is 12.6 Å². The summed E-state index contributed by atoms with van der Waals surface area (Å²) >= 11 is 4.41. The van der Waals surface area contributed by atoms with Crippen LogP contribution in [0.4, 0.5) is 5.95 Å². The molecule has 2 aromatic heterocycles. The van der Waals surface area contributed by atoms with Gasteiger partial charge in [-0.25, -0.2) is 4.98 Å². The minimum atomic E-state index is -0.329. The van der Waals surface area contributed by atoms with Crippen molar-refractivity contribution in [3.05, 3.63) is 46.0 Å². The number of aromatic amines is 1. The van der Waals surface area contributed by atoms with E-state index in [0.717, 1.165) is 16.0 Å². The summed E-state index contributed by atoms with van der Waals surface area (Å²) in [5, 5.41) is 0. The van der Waals surface area contributed by atoms with Gasteiger partial charge in [0.25, 0.3) is 5.56 Å². The van der Waals surface area contributed by atoms with Crippen LogP contribution in [0.15, 0.2) is 34.2 Å². The zero-order chi connectivity index (χ0) is 14.3. The first-order valence-electron chi connectivity index (χ1n) is 6.04. The molecule has 0 saturated carbocycles. The average molecular weight is 287 g/mol. The summed E-state index contributed by atoms with van der Waals surface area (Å²) in [4.78, 5) is 23.3. The number of thiol groups is 1. The second-order valence-electron chi connectivity index (χ2n) is 4.62. The van der Waals surface area contributed by atoms with Crippen LogP contribution in [0, 0.1) is 6.92 Å². The first-order chi connectivity index (χ1) is 9.54. The molecule has 102 valence electrons. The van der Waals surface area contributed by atoms with Gasteiger partial charge in [0.15, 0.2) is 11.2 Å². The smallest absolute Gasteiger partial charge is 0.280 e. The van der Waals surface area contributed by atoms with Crippen molar-refractivity contribution in [3.63, 3.8) is 0 Å². The second kappa shape index (κ2) is 4.68. The molecule has 0 radical (unpaired) electrons. The maximum atomic E-state index is 11.7. The first kappa shape index (κ1) is 12.7. The van der Waals surface area contributed by atoms with Crippen LogP contribution in [-0.4, -0.2) is 19.5 Å². The van der Waals surface area contributed by atoms with E-state index < -0.39 is 0 Å². The molecule has 0 aliphatic rings. The number of anilines is 1. The monoisotopic (exact) mass is 287 g/mol. The molecule has 0 aliphatic carbocycles. The summed E-state index contributed by atoms with van der Waals surface area (Å²) in [6.07, 6.45) is 1.59. The molecular weight excluding hydrogens is 274 g/mol. The van der Waals surface area contributed by atoms with Crippen LogP contribution in [-0.2, 0) is 6.54 Å². The number of nitrogen functional groups attached to an aromatic ring is 1. The van der Waals surface area contributed by atoms with Crippen molar-refractivity contribution in [2.75, 3.05) is 5.73 Å². The molecule has 0 spiro atoms. The van der Waals surface area contributed by atoms with Gasteiger partial charge in [-0.1, -0.05) is 12.1 Å². The summed E-state index contributed by atoms with van der Waals surface area (Å²) in [7, 11) is 0. The van der Waals surface area contributed by atoms with Crippen molar-refractivity contribution in [2.24, 2.45) is 0 Å². The third kappa shape index (κ3) is 2.16. The van der Waals surface area contributed by atoms with Crippen molar-refractivity contribution in [1.29, 1.82) is 0 Å². The molecule has 1 aromatic carbocycles. The molecule has 6 nitrogen and oxygen atoms in total. The fraction of sp³-hybridized carbons (Fsp3) is 0.154. The van der Waals surface area contributed by atoms with Crippen molar-refractivity contribution in [2.45, 2.75) is 18.4 Å². The molecule has 2 heterocycles. The molecule has 7 heteroatoms. The number of aromatic nitrogens is 4. The van der Waals surface area contributed by atoms with E-state index in [-0.39, 0.29) is 17.0 Å². The highest BCUT2D eigenvalue weighted by atomic mass is 32.1. The Morgan fingerprint density at radius 3 is 3.00 bits per heavy atom. The first-order valence-corrected chi connectivity index (χ1v) is 6.48. The molecule has 3 rings (SSSR count). The fourth-order valence-corrected chi connectivity index (χ4v) is 2.28. The lowest BCUT2D eigenvalue weighted by molar-refractivity contribution is 0.810. The maximum Gasteiger partial charge on any atom is 0.280 e. The Bertz CT molecular complexity index is 852. The summed E-state index contributed by atoms with van der Waals surface area (Å²) in [6, 6.07) is 6.00. The van der Waals surface area contributed by atoms with Crippen molar-refractivity contribution in [1.82, 2.24) is 19.5 Å². The molecule has 0 amide bonds. The van der Waals surface area contributed by atoms with Gasteiger partial charge in [0, 0.05) is 4.90 Å². The highest BCUT2D eigenvalue weighted by molar-refractivity contribution is 7.80. The standard InChI is InChI=1S/C13H13N5OS/c1-7-2-3-8(4-9(7)20)5-18-6-15-10-11(18)16-13(14)17-12(10)19/h2-4,6,20H,5H2,1H3,(H3,14,16,17,19). The lowest BCUT2D eigenvalue weighted by Gasteiger charge is -2.06. The number of rotatable bonds is 2. The van der Waals surface area contributed by atoms with Crippen LogP contribution in [0.2, 0.25) is 0 Å². The predicted octanol–water partition coefficient (Wildman–Crippen LogP) is 1.35. The Labute approximate surface area is 120 Å². The van der Waals surface area contributed by atoms with Gasteiger partial charge in [0.05, 0.1) is 12.9 Å². The van der Waals surface area contributed by atoms with Gasteiger partial charge in [-0.05, 0) is 24.1 Å². The number of H-pyrrole nitrogens is 1. The Morgan fingerprint density at radius 2 is 2.25 bits per heavy atom. The zero-order valence-electron chi connectivity index (χ0n) is 10.8. The van der Waals surface area contributed by atoms with Gasteiger partial charge in [0.2, 0.25) is 5.95 Å². The average Bonchev–Trinajstić information content (AvgIpc) is 2.77. The van der Waals surface area contributed by atoms with E-state index in [9.17, 15) is 4.79 Å². The van der Waals surface area contributed by atoms with E-state index in [2.05, 4.69) is 27.6 Å². The van der Waals surface area contributed by atoms with E-state index in [1.807, 2.05) is 25.1 Å². The molecule has 3 aromatic rings. The number of hydrogen-bond acceptors (Lipinski definition) is 5. The van der Waals surface area contributed by atoms with E-state index in [1.165, 1.54) is 0 Å². The normalized spacial score (nSPS) is 11.1. The van der Waals surface area contributed by atoms with Crippen molar-refractivity contribution < 1.29 is 0 Å². The van der Waals surface area contributed by atoms with Crippen LogP contribution in [0.1, 0.15) is 11.1 Å². The molecule has 0 fully saturated rings. The fourth-order valence-electron chi connectivity index (χ4n) is 2.04. The number of aryl methyl sites for hydroxylation is 1. The SMILES string of the molecule is Cc1ccc(Cn2cnc3c(=O)[nH]c(N)nc32)cc1S. The highest BCUT2D eigenvalue weighted by Crippen LogP contribution is 2.17. The molecule has 0 unspecified atom stereocenters. The number of nitrogens with zero attached hydrogens (tertiary/aromatic N) is 3. The number of fused-ring (bicyclic) bond motifs is 1. The van der Waals surface area contributed by atoms with Crippen molar-refractivity contribution >= 4 is 29.7 Å². The number of nitrogens with two attached hydrogens (primary N) is 1. The molecule has 3 N–H and O–H groups in total. The van der Waals surface area contributed by atoms with Crippen LogP contribution in [0.25, 0.3) is 11.2 Å². The zero-order valence-corrected chi connectivity index (χ0v) is 11.7. The van der Waals surface area contributed by atoms with Gasteiger partial charge in [0.1, 0.15) is 0 Å². The molecule has 0 saturated heterocycles. The summed E-state index contributed by atoms with van der Waals surface area (Å²) in [5.74, 6) is 0.0861. The molecule has 20 heavy (non-hydrogen) atoms. The summed E-state index contributed by atoms with van der Waals surface area (Å²) in [5.41, 5.74) is 8.18. The summed E-state index contributed by atoms with van der Waals surface area (Å²) in [6.45, 7) is 2.56. The molecule has 0 atom stereocenters. The van der Waals surface area contributed by atoms with Crippen molar-refractivity contribution in [3.8, 4) is 0 Å². The summed E-state index contributed by atoms with van der Waals surface area (Å²) < 4.78 is 1.79. The minimum absolute atomic E-state index is 0.0861. The van der Waals surface area contributed by atoms with Gasteiger partial charge in [-0.2, -0.15) is 4.98 Å². The highest BCUT2D eigenvalue weighted by Gasteiger charge is 2.09.